The van der Waals surface area contributed by atoms with Crippen molar-refractivity contribution in [3.8, 4) is 0 Å². The van der Waals surface area contributed by atoms with Gasteiger partial charge < -0.3 is 10.6 Å². The van der Waals surface area contributed by atoms with Crippen molar-refractivity contribution >= 4 is 27.7 Å². The topological polar surface area (TPSA) is 58.2 Å². The Balaban J connectivity index is 2.59. The molecule has 0 unspecified atom stereocenters. The molecule has 2 amide bonds. The van der Waals surface area contributed by atoms with Gasteiger partial charge in [-0.15, -0.1) is 0 Å². The zero-order chi connectivity index (χ0) is 16.0. The van der Waals surface area contributed by atoms with Crippen molar-refractivity contribution < 1.29 is 9.59 Å². The fourth-order valence-corrected chi connectivity index (χ4v) is 2.38. The van der Waals surface area contributed by atoms with E-state index in [-0.39, 0.29) is 23.8 Å². The molecule has 0 saturated carbocycles. The van der Waals surface area contributed by atoms with E-state index in [0.717, 1.165) is 16.5 Å². The SMILES string of the molecule is CC(=O)N[C@H](C(=O)N[C@@H](C)Cc1ccc(Br)cc1)C(C)C. The van der Waals surface area contributed by atoms with Crippen LogP contribution in [0, 0.1) is 5.92 Å². The minimum Gasteiger partial charge on any atom is -0.352 e. The quantitative estimate of drug-likeness (QED) is 0.824. The molecule has 21 heavy (non-hydrogen) atoms. The third-order valence-corrected chi connectivity index (χ3v) is 3.68. The number of hydrogen-bond acceptors (Lipinski definition) is 2. The average molecular weight is 355 g/mol. The van der Waals surface area contributed by atoms with Crippen LogP contribution in [0.15, 0.2) is 28.7 Å². The van der Waals surface area contributed by atoms with Crippen molar-refractivity contribution in [1.82, 2.24) is 10.6 Å². The Labute approximate surface area is 134 Å². The molecule has 1 aromatic rings. The minimum absolute atomic E-state index is 0.00804. The van der Waals surface area contributed by atoms with Crippen LogP contribution < -0.4 is 10.6 Å². The van der Waals surface area contributed by atoms with Crippen LogP contribution in [0.1, 0.15) is 33.3 Å². The second-order valence-corrected chi connectivity index (χ2v) is 6.58. The first-order valence-electron chi connectivity index (χ1n) is 7.11. The number of amides is 2. The van der Waals surface area contributed by atoms with Crippen LogP contribution in [0.25, 0.3) is 0 Å². The minimum atomic E-state index is -0.491. The van der Waals surface area contributed by atoms with Gasteiger partial charge in [0.2, 0.25) is 11.8 Å². The lowest BCUT2D eigenvalue weighted by molar-refractivity contribution is -0.129. The first-order valence-corrected chi connectivity index (χ1v) is 7.90. The Morgan fingerprint density at radius 1 is 1.10 bits per heavy atom. The normalized spacial score (nSPS) is 13.6. The Hall–Kier alpha value is -1.36. The lowest BCUT2D eigenvalue weighted by atomic mass is 10.0. The van der Waals surface area contributed by atoms with Gasteiger partial charge in [-0.2, -0.15) is 0 Å². The van der Waals surface area contributed by atoms with E-state index in [0.29, 0.717) is 0 Å². The molecule has 0 radical (unpaired) electrons. The van der Waals surface area contributed by atoms with Crippen LogP contribution in [0.5, 0.6) is 0 Å². The van der Waals surface area contributed by atoms with Crippen LogP contribution in [0.2, 0.25) is 0 Å². The molecule has 5 heteroatoms. The van der Waals surface area contributed by atoms with E-state index in [2.05, 4.69) is 26.6 Å². The summed E-state index contributed by atoms with van der Waals surface area (Å²) < 4.78 is 1.04. The molecule has 0 spiro atoms. The van der Waals surface area contributed by atoms with Gasteiger partial charge in [-0.1, -0.05) is 41.9 Å². The van der Waals surface area contributed by atoms with Gasteiger partial charge >= 0.3 is 0 Å². The molecule has 1 rings (SSSR count). The van der Waals surface area contributed by atoms with Crippen molar-refractivity contribution in [1.29, 1.82) is 0 Å². The van der Waals surface area contributed by atoms with Crippen LogP contribution in [-0.4, -0.2) is 23.9 Å². The first-order chi connectivity index (χ1) is 9.79. The summed E-state index contributed by atoms with van der Waals surface area (Å²) in [4.78, 5) is 23.4. The fraction of sp³-hybridized carbons (Fsp3) is 0.500. The van der Waals surface area contributed by atoms with E-state index in [1.165, 1.54) is 6.92 Å². The van der Waals surface area contributed by atoms with Gasteiger partial charge in [0.25, 0.3) is 0 Å². The summed E-state index contributed by atoms with van der Waals surface area (Å²) in [6.07, 6.45) is 0.754. The molecule has 0 bridgehead atoms. The van der Waals surface area contributed by atoms with E-state index >= 15 is 0 Å². The number of halogens is 1. The van der Waals surface area contributed by atoms with Gasteiger partial charge in [0.1, 0.15) is 6.04 Å². The molecule has 2 N–H and O–H groups in total. The summed E-state index contributed by atoms with van der Waals surface area (Å²) in [7, 11) is 0. The van der Waals surface area contributed by atoms with E-state index < -0.39 is 6.04 Å². The number of carbonyl (C=O) groups is 2. The van der Waals surface area contributed by atoms with Crippen LogP contribution in [-0.2, 0) is 16.0 Å². The highest BCUT2D eigenvalue weighted by Gasteiger charge is 2.23. The number of benzene rings is 1. The lowest BCUT2D eigenvalue weighted by Crippen LogP contribution is -2.51. The lowest BCUT2D eigenvalue weighted by Gasteiger charge is -2.23. The summed E-state index contributed by atoms with van der Waals surface area (Å²) in [6.45, 7) is 7.22. The second kappa shape index (κ2) is 8.17. The molecule has 2 atom stereocenters. The number of carbonyl (C=O) groups excluding carboxylic acids is 2. The Morgan fingerprint density at radius 3 is 2.14 bits per heavy atom. The van der Waals surface area contributed by atoms with Crippen molar-refractivity contribution in [3.63, 3.8) is 0 Å². The summed E-state index contributed by atoms with van der Waals surface area (Å²) in [5.74, 6) is -0.275. The third kappa shape index (κ3) is 6.29. The van der Waals surface area contributed by atoms with Crippen molar-refractivity contribution in [2.45, 2.75) is 46.2 Å². The maximum absolute atomic E-state index is 12.2. The van der Waals surface area contributed by atoms with E-state index in [1.807, 2.05) is 45.0 Å². The molecular formula is C16H23BrN2O2. The van der Waals surface area contributed by atoms with Gasteiger partial charge in [0, 0.05) is 17.4 Å². The summed E-state index contributed by atoms with van der Waals surface area (Å²) in [6, 6.07) is 7.54. The van der Waals surface area contributed by atoms with Gasteiger partial charge in [0.05, 0.1) is 0 Å². The summed E-state index contributed by atoms with van der Waals surface area (Å²) in [5.41, 5.74) is 1.16. The molecule has 4 nitrogen and oxygen atoms in total. The van der Waals surface area contributed by atoms with E-state index in [1.54, 1.807) is 0 Å². The number of rotatable bonds is 6. The average Bonchev–Trinajstić information content (AvgIpc) is 2.38. The third-order valence-electron chi connectivity index (χ3n) is 3.15. The Bertz CT molecular complexity index is 486. The number of nitrogens with one attached hydrogen (secondary N) is 2. The van der Waals surface area contributed by atoms with Crippen molar-refractivity contribution in [3.05, 3.63) is 34.3 Å². The zero-order valence-electron chi connectivity index (χ0n) is 12.9. The highest BCUT2D eigenvalue weighted by atomic mass is 79.9. The molecule has 0 aliphatic carbocycles. The molecule has 0 saturated heterocycles. The Morgan fingerprint density at radius 2 is 1.67 bits per heavy atom. The fourth-order valence-electron chi connectivity index (χ4n) is 2.11. The standard InChI is InChI=1S/C16H23BrN2O2/c1-10(2)15(19-12(4)20)16(21)18-11(3)9-13-5-7-14(17)8-6-13/h5-8,10-11,15H,9H2,1-4H3,(H,18,21)(H,19,20)/t11-,15-/m0/s1. The molecule has 0 aromatic heterocycles. The summed E-state index contributed by atoms with van der Waals surface area (Å²) in [5, 5.41) is 5.66. The largest absolute Gasteiger partial charge is 0.352 e. The van der Waals surface area contributed by atoms with Crippen LogP contribution >= 0.6 is 15.9 Å². The predicted octanol–water partition coefficient (Wildman–Crippen LogP) is 2.66. The van der Waals surface area contributed by atoms with Gasteiger partial charge in [-0.25, -0.2) is 0 Å². The first kappa shape index (κ1) is 17.7. The highest BCUT2D eigenvalue weighted by Crippen LogP contribution is 2.12. The molecular weight excluding hydrogens is 332 g/mol. The molecule has 0 fully saturated rings. The molecule has 0 aliphatic rings. The maximum Gasteiger partial charge on any atom is 0.243 e. The van der Waals surface area contributed by atoms with Gasteiger partial charge in [-0.3, -0.25) is 9.59 Å². The second-order valence-electron chi connectivity index (χ2n) is 5.66. The van der Waals surface area contributed by atoms with Gasteiger partial charge in [0.15, 0.2) is 0 Å². The van der Waals surface area contributed by atoms with Crippen LogP contribution in [0.3, 0.4) is 0 Å². The smallest absolute Gasteiger partial charge is 0.243 e. The zero-order valence-corrected chi connectivity index (χ0v) is 14.5. The molecule has 1 aromatic carbocycles. The highest BCUT2D eigenvalue weighted by molar-refractivity contribution is 9.10. The van der Waals surface area contributed by atoms with E-state index in [9.17, 15) is 9.59 Å². The van der Waals surface area contributed by atoms with Crippen molar-refractivity contribution in [2.75, 3.05) is 0 Å². The van der Waals surface area contributed by atoms with Crippen LogP contribution in [0.4, 0.5) is 0 Å². The molecule has 116 valence electrons. The monoisotopic (exact) mass is 354 g/mol. The molecule has 0 aliphatic heterocycles. The molecule has 0 heterocycles. The van der Waals surface area contributed by atoms with Gasteiger partial charge in [-0.05, 0) is 37.0 Å². The van der Waals surface area contributed by atoms with E-state index in [4.69, 9.17) is 0 Å². The summed E-state index contributed by atoms with van der Waals surface area (Å²) >= 11 is 3.40. The number of hydrogen-bond donors (Lipinski definition) is 2. The maximum atomic E-state index is 12.2. The van der Waals surface area contributed by atoms with Crippen molar-refractivity contribution in [2.24, 2.45) is 5.92 Å². The predicted molar refractivity (Wildman–Crippen MR) is 87.9 cm³/mol. The Kier molecular flexibility index (Phi) is 6.89.